The van der Waals surface area contributed by atoms with Gasteiger partial charge in [0.15, 0.2) is 0 Å². The molecule has 0 aromatic rings. The van der Waals surface area contributed by atoms with Crippen molar-refractivity contribution in [3.8, 4) is 0 Å². The van der Waals surface area contributed by atoms with Gasteiger partial charge in [-0.1, -0.05) is 6.08 Å². The SMILES string of the molecule is CN(C)CCOC(=O)C=CCCO.Cl. The van der Waals surface area contributed by atoms with Crippen molar-refractivity contribution in [3.05, 3.63) is 12.2 Å². The molecule has 0 aliphatic heterocycles. The van der Waals surface area contributed by atoms with Crippen LogP contribution in [0.1, 0.15) is 6.42 Å². The van der Waals surface area contributed by atoms with Crippen molar-refractivity contribution < 1.29 is 14.6 Å². The van der Waals surface area contributed by atoms with Gasteiger partial charge in [0, 0.05) is 19.2 Å². The Hall–Kier alpha value is -0.580. The molecule has 0 aliphatic rings. The van der Waals surface area contributed by atoms with Crippen LogP contribution in [0.25, 0.3) is 0 Å². The molecule has 4 nitrogen and oxygen atoms in total. The van der Waals surface area contributed by atoms with Crippen molar-refractivity contribution in [2.24, 2.45) is 0 Å². The number of aliphatic hydroxyl groups excluding tert-OH is 1. The largest absolute Gasteiger partial charge is 0.461 e. The molecule has 0 saturated heterocycles. The van der Waals surface area contributed by atoms with E-state index < -0.39 is 0 Å². The van der Waals surface area contributed by atoms with Crippen LogP contribution in [0.15, 0.2) is 12.2 Å². The van der Waals surface area contributed by atoms with Gasteiger partial charge in [-0.15, -0.1) is 12.4 Å². The van der Waals surface area contributed by atoms with E-state index in [-0.39, 0.29) is 25.0 Å². The maximum absolute atomic E-state index is 10.9. The lowest BCUT2D eigenvalue weighted by Gasteiger charge is -2.08. The van der Waals surface area contributed by atoms with Crippen LogP contribution in [-0.2, 0) is 9.53 Å². The minimum absolute atomic E-state index is 0. The Bertz CT molecular complexity index is 171. The number of esters is 1. The van der Waals surface area contributed by atoms with E-state index in [1.165, 1.54) is 6.08 Å². The second-order valence-corrected chi connectivity index (χ2v) is 2.89. The number of hydrogen-bond acceptors (Lipinski definition) is 4. The Morgan fingerprint density at radius 3 is 2.64 bits per heavy atom. The van der Waals surface area contributed by atoms with Gasteiger partial charge in [-0.3, -0.25) is 0 Å². The van der Waals surface area contributed by atoms with Crippen molar-refractivity contribution in [1.82, 2.24) is 4.90 Å². The molecule has 0 aromatic heterocycles. The lowest BCUT2D eigenvalue weighted by molar-refractivity contribution is -0.138. The molecule has 0 fully saturated rings. The summed E-state index contributed by atoms with van der Waals surface area (Å²) in [5.74, 6) is -0.352. The Morgan fingerprint density at radius 2 is 2.14 bits per heavy atom. The Labute approximate surface area is 91.0 Å². The van der Waals surface area contributed by atoms with Crippen molar-refractivity contribution in [1.29, 1.82) is 0 Å². The summed E-state index contributed by atoms with van der Waals surface area (Å²) in [6, 6.07) is 0. The molecule has 0 amide bonds. The van der Waals surface area contributed by atoms with Crippen LogP contribution < -0.4 is 0 Å². The summed E-state index contributed by atoms with van der Waals surface area (Å²) in [6.45, 7) is 1.18. The minimum atomic E-state index is -0.352. The lowest BCUT2D eigenvalue weighted by Crippen LogP contribution is -2.19. The molecule has 0 heterocycles. The van der Waals surface area contributed by atoms with Crippen molar-refractivity contribution >= 4 is 18.4 Å². The molecule has 14 heavy (non-hydrogen) atoms. The van der Waals surface area contributed by atoms with Gasteiger partial charge in [-0.05, 0) is 20.5 Å². The average molecular weight is 224 g/mol. The zero-order chi connectivity index (χ0) is 10.1. The summed E-state index contributed by atoms with van der Waals surface area (Å²) in [4.78, 5) is 12.8. The number of rotatable bonds is 6. The van der Waals surface area contributed by atoms with Gasteiger partial charge in [0.2, 0.25) is 0 Å². The van der Waals surface area contributed by atoms with Gasteiger partial charge in [0.05, 0.1) is 0 Å². The normalized spacial score (nSPS) is 10.3. The summed E-state index contributed by atoms with van der Waals surface area (Å²) in [7, 11) is 3.82. The number of carbonyl (C=O) groups excluding carboxylic acids is 1. The van der Waals surface area contributed by atoms with Crippen LogP contribution in [0.2, 0.25) is 0 Å². The molecule has 0 rings (SSSR count). The molecule has 0 atom stereocenters. The Kier molecular flexibility index (Phi) is 11.9. The number of likely N-dealkylation sites (N-methyl/N-ethyl adjacent to an activating group) is 1. The molecular formula is C9H18ClNO3. The highest BCUT2D eigenvalue weighted by Crippen LogP contribution is 1.86. The molecule has 0 saturated carbocycles. The van der Waals surface area contributed by atoms with E-state index in [2.05, 4.69) is 0 Å². The first-order chi connectivity index (χ1) is 6.16. The zero-order valence-corrected chi connectivity index (χ0v) is 9.42. The van der Waals surface area contributed by atoms with Crippen LogP contribution in [0, 0.1) is 0 Å². The first-order valence-corrected chi connectivity index (χ1v) is 4.25. The van der Waals surface area contributed by atoms with Crippen molar-refractivity contribution in [3.63, 3.8) is 0 Å². The van der Waals surface area contributed by atoms with Gasteiger partial charge < -0.3 is 14.7 Å². The molecule has 0 aromatic carbocycles. The van der Waals surface area contributed by atoms with E-state index in [0.29, 0.717) is 13.0 Å². The second-order valence-electron chi connectivity index (χ2n) is 2.89. The molecule has 1 N–H and O–H groups in total. The fraction of sp³-hybridized carbons (Fsp3) is 0.667. The molecule has 5 heteroatoms. The van der Waals surface area contributed by atoms with Gasteiger partial charge in [0.1, 0.15) is 6.61 Å². The van der Waals surface area contributed by atoms with Crippen LogP contribution in [0.3, 0.4) is 0 Å². The average Bonchev–Trinajstić information content (AvgIpc) is 2.04. The predicted octanol–water partition coefficient (Wildman–Crippen LogP) is 0.452. The van der Waals surface area contributed by atoms with Crippen LogP contribution in [0.4, 0.5) is 0 Å². The summed E-state index contributed by atoms with van der Waals surface area (Å²) < 4.78 is 4.85. The highest BCUT2D eigenvalue weighted by Gasteiger charge is 1.96. The van der Waals surface area contributed by atoms with Gasteiger partial charge in [-0.25, -0.2) is 4.79 Å². The monoisotopic (exact) mass is 223 g/mol. The van der Waals surface area contributed by atoms with E-state index in [0.717, 1.165) is 6.54 Å². The van der Waals surface area contributed by atoms with E-state index >= 15 is 0 Å². The van der Waals surface area contributed by atoms with E-state index in [4.69, 9.17) is 9.84 Å². The number of aliphatic hydroxyl groups is 1. The highest BCUT2D eigenvalue weighted by molar-refractivity contribution is 5.85. The standard InChI is InChI=1S/C9H17NO3.ClH/c1-10(2)6-8-13-9(12)5-3-4-7-11;/h3,5,11H,4,6-8H2,1-2H3;1H. The molecule has 0 unspecified atom stereocenters. The predicted molar refractivity (Wildman–Crippen MR) is 57.6 cm³/mol. The topological polar surface area (TPSA) is 49.8 Å². The number of nitrogens with zero attached hydrogens (tertiary/aromatic N) is 1. The second kappa shape index (κ2) is 10.5. The maximum atomic E-state index is 10.9. The molecule has 0 spiro atoms. The fourth-order valence-corrected chi connectivity index (χ4v) is 0.631. The minimum Gasteiger partial charge on any atom is -0.461 e. The van der Waals surface area contributed by atoms with Crippen molar-refractivity contribution in [2.75, 3.05) is 33.9 Å². The molecule has 84 valence electrons. The fourth-order valence-electron chi connectivity index (χ4n) is 0.631. The summed E-state index contributed by atoms with van der Waals surface area (Å²) in [5.41, 5.74) is 0. The highest BCUT2D eigenvalue weighted by atomic mass is 35.5. The third-order valence-electron chi connectivity index (χ3n) is 1.33. The van der Waals surface area contributed by atoms with Gasteiger partial charge in [0.25, 0.3) is 0 Å². The molecule has 0 aliphatic carbocycles. The molecule has 0 bridgehead atoms. The Morgan fingerprint density at radius 1 is 1.50 bits per heavy atom. The molecular weight excluding hydrogens is 206 g/mol. The maximum Gasteiger partial charge on any atom is 0.330 e. The molecule has 0 radical (unpaired) electrons. The number of hydrogen-bond donors (Lipinski definition) is 1. The van der Waals surface area contributed by atoms with Crippen LogP contribution >= 0.6 is 12.4 Å². The zero-order valence-electron chi connectivity index (χ0n) is 8.60. The smallest absolute Gasteiger partial charge is 0.330 e. The summed E-state index contributed by atoms with van der Waals surface area (Å²) in [5, 5.41) is 8.42. The van der Waals surface area contributed by atoms with E-state index in [1.807, 2.05) is 19.0 Å². The summed E-state index contributed by atoms with van der Waals surface area (Å²) in [6.07, 6.45) is 3.42. The number of halogens is 1. The van der Waals surface area contributed by atoms with Crippen LogP contribution in [0.5, 0.6) is 0 Å². The first kappa shape index (κ1) is 15.9. The first-order valence-electron chi connectivity index (χ1n) is 4.25. The summed E-state index contributed by atoms with van der Waals surface area (Å²) >= 11 is 0. The number of carbonyl (C=O) groups is 1. The van der Waals surface area contributed by atoms with Gasteiger partial charge >= 0.3 is 5.97 Å². The lowest BCUT2D eigenvalue weighted by atomic mass is 10.4. The third-order valence-corrected chi connectivity index (χ3v) is 1.33. The van der Waals surface area contributed by atoms with Crippen molar-refractivity contribution in [2.45, 2.75) is 6.42 Å². The third kappa shape index (κ3) is 11.4. The van der Waals surface area contributed by atoms with Gasteiger partial charge in [-0.2, -0.15) is 0 Å². The van der Waals surface area contributed by atoms with E-state index in [9.17, 15) is 4.79 Å². The van der Waals surface area contributed by atoms with E-state index in [1.54, 1.807) is 6.08 Å². The van der Waals surface area contributed by atoms with Crippen LogP contribution in [-0.4, -0.2) is 49.8 Å². The Balaban J connectivity index is 0. The number of ether oxygens (including phenoxy) is 1. The quantitative estimate of drug-likeness (QED) is 0.525.